The highest BCUT2D eigenvalue weighted by Gasteiger charge is 2.02. The number of hydrogen-bond acceptors (Lipinski definition) is 3. The normalized spacial score (nSPS) is 10.4. The molecule has 1 aromatic carbocycles. The zero-order valence-corrected chi connectivity index (χ0v) is 8.69. The van der Waals surface area contributed by atoms with Gasteiger partial charge in [-0.2, -0.15) is 0 Å². The van der Waals surface area contributed by atoms with Crippen molar-refractivity contribution in [2.24, 2.45) is 0 Å². The van der Waals surface area contributed by atoms with E-state index in [-0.39, 0.29) is 6.61 Å². The Balaban J connectivity index is 2.86. The minimum Gasteiger partial charge on any atom is -0.507 e. The molecule has 0 bridgehead atoms. The van der Waals surface area contributed by atoms with Crippen molar-refractivity contribution in [1.82, 2.24) is 0 Å². The fourth-order valence-corrected chi connectivity index (χ4v) is 2.01. The van der Waals surface area contributed by atoms with E-state index in [1.165, 1.54) is 0 Å². The van der Waals surface area contributed by atoms with Gasteiger partial charge in [-0.1, -0.05) is 0 Å². The van der Waals surface area contributed by atoms with Gasteiger partial charge in [0, 0.05) is 10.6 Å². The molecule has 0 fully saturated rings. The summed E-state index contributed by atoms with van der Waals surface area (Å²) in [5.41, 5.74) is 1.78. The average molecular weight is 198 g/mol. The molecule has 0 aromatic heterocycles. The molecule has 0 atom stereocenters. The van der Waals surface area contributed by atoms with E-state index >= 15 is 0 Å². The molecular weight excluding hydrogens is 184 g/mol. The highest BCUT2D eigenvalue weighted by atomic mass is 32.2. The lowest BCUT2D eigenvalue weighted by molar-refractivity contribution is 0.322. The molecule has 0 spiro atoms. The fourth-order valence-electron chi connectivity index (χ4n) is 1.16. The first-order valence-corrected chi connectivity index (χ1v) is 5.17. The summed E-state index contributed by atoms with van der Waals surface area (Å²) >= 11 is 1.60. The maximum atomic E-state index is 9.50. The molecule has 2 N–H and O–H groups in total. The van der Waals surface area contributed by atoms with Gasteiger partial charge in [0.15, 0.2) is 0 Å². The van der Waals surface area contributed by atoms with Crippen molar-refractivity contribution in [2.75, 3.05) is 12.4 Å². The summed E-state index contributed by atoms with van der Waals surface area (Å²) in [5, 5.41) is 18.1. The van der Waals surface area contributed by atoms with Gasteiger partial charge in [0.05, 0.1) is 6.61 Å². The first-order chi connectivity index (χ1) is 6.15. The highest BCUT2D eigenvalue weighted by Crippen LogP contribution is 2.28. The molecular formula is C10H14O2S. The molecule has 0 radical (unpaired) electrons. The van der Waals surface area contributed by atoms with E-state index in [1.54, 1.807) is 11.8 Å². The van der Waals surface area contributed by atoms with Crippen LogP contribution >= 0.6 is 11.8 Å². The van der Waals surface area contributed by atoms with Gasteiger partial charge in [-0.25, -0.2) is 0 Å². The molecule has 0 amide bonds. The van der Waals surface area contributed by atoms with Gasteiger partial charge in [-0.15, -0.1) is 11.8 Å². The third-order valence-corrected chi connectivity index (χ3v) is 2.78. The number of aryl methyl sites for hydroxylation is 2. The van der Waals surface area contributed by atoms with Crippen LogP contribution in [0.15, 0.2) is 17.0 Å². The quantitative estimate of drug-likeness (QED) is 0.731. The van der Waals surface area contributed by atoms with Crippen molar-refractivity contribution in [3.63, 3.8) is 0 Å². The number of aliphatic hydroxyl groups excluding tert-OH is 1. The van der Waals surface area contributed by atoms with Crippen LogP contribution in [0.5, 0.6) is 5.75 Å². The second-order valence-corrected chi connectivity index (χ2v) is 4.15. The van der Waals surface area contributed by atoms with E-state index < -0.39 is 0 Å². The lowest BCUT2D eigenvalue weighted by Gasteiger charge is -2.06. The molecule has 1 aromatic rings. The highest BCUT2D eigenvalue weighted by molar-refractivity contribution is 7.99. The van der Waals surface area contributed by atoms with E-state index in [9.17, 15) is 5.11 Å². The smallest absolute Gasteiger partial charge is 0.121 e. The lowest BCUT2D eigenvalue weighted by Crippen LogP contribution is -1.87. The summed E-state index contributed by atoms with van der Waals surface area (Å²) in [6.45, 7) is 3.94. The van der Waals surface area contributed by atoms with Crippen LogP contribution in [0.3, 0.4) is 0 Å². The first kappa shape index (κ1) is 10.4. The molecule has 0 heterocycles. The van der Waals surface area contributed by atoms with Crippen molar-refractivity contribution in [3.05, 3.63) is 23.3 Å². The lowest BCUT2D eigenvalue weighted by atomic mass is 10.1. The number of hydrogen-bond donors (Lipinski definition) is 2. The number of phenols is 1. The van der Waals surface area contributed by atoms with Gasteiger partial charge in [0.25, 0.3) is 0 Å². The molecule has 3 heteroatoms. The maximum Gasteiger partial charge on any atom is 0.121 e. The van der Waals surface area contributed by atoms with E-state index in [1.807, 2.05) is 26.0 Å². The summed E-state index contributed by atoms with van der Waals surface area (Å²) in [5.74, 6) is 1.07. The van der Waals surface area contributed by atoms with Crippen LogP contribution in [0.2, 0.25) is 0 Å². The predicted octanol–water partition coefficient (Wildman–Crippen LogP) is 2.09. The Morgan fingerprint density at radius 3 is 2.23 bits per heavy atom. The van der Waals surface area contributed by atoms with Crippen molar-refractivity contribution in [2.45, 2.75) is 18.7 Å². The van der Waals surface area contributed by atoms with Gasteiger partial charge in [0.1, 0.15) is 5.75 Å². The molecule has 1 rings (SSSR count). The molecule has 0 unspecified atom stereocenters. The molecule has 72 valence electrons. The Morgan fingerprint density at radius 1 is 1.23 bits per heavy atom. The number of thioether (sulfide) groups is 1. The second-order valence-electron chi connectivity index (χ2n) is 2.98. The Morgan fingerprint density at radius 2 is 1.77 bits per heavy atom. The van der Waals surface area contributed by atoms with Crippen LogP contribution in [0, 0.1) is 13.8 Å². The van der Waals surface area contributed by atoms with Crippen LogP contribution in [-0.2, 0) is 0 Å². The van der Waals surface area contributed by atoms with Gasteiger partial charge in [-0.05, 0) is 37.1 Å². The fraction of sp³-hybridized carbons (Fsp3) is 0.400. The van der Waals surface area contributed by atoms with Gasteiger partial charge >= 0.3 is 0 Å². The largest absolute Gasteiger partial charge is 0.507 e. The Labute approximate surface area is 82.6 Å². The Kier molecular flexibility index (Phi) is 3.63. The van der Waals surface area contributed by atoms with Gasteiger partial charge in [0.2, 0.25) is 0 Å². The summed E-state index contributed by atoms with van der Waals surface area (Å²) < 4.78 is 0. The Hall–Kier alpha value is -0.670. The third-order valence-electron chi connectivity index (χ3n) is 1.82. The standard InChI is InChI=1S/C10H14O2S/c1-7-5-9(13-4-3-11)6-8(2)10(7)12/h5-6,11-12H,3-4H2,1-2H3. The number of aromatic hydroxyl groups is 1. The van der Waals surface area contributed by atoms with Crippen molar-refractivity contribution in [3.8, 4) is 5.75 Å². The summed E-state index contributed by atoms with van der Waals surface area (Å²) in [7, 11) is 0. The second kappa shape index (κ2) is 4.53. The summed E-state index contributed by atoms with van der Waals surface area (Å²) in [4.78, 5) is 1.10. The van der Waals surface area contributed by atoms with E-state index in [0.717, 1.165) is 16.0 Å². The summed E-state index contributed by atoms with van der Waals surface area (Å²) in [6.07, 6.45) is 0. The van der Waals surface area contributed by atoms with Crippen molar-refractivity contribution < 1.29 is 10.2 Å². The maximum absolute atomic E-state index is 9.50. The molecule has 0 aliphatic rings. The van der Waals surface area contributed by atoms with Crippen LogP contribution in [-0.4, -0.2) is 22.6 Å². The van der Waals surface area contributed by atoms with Gasteiger partial charge in [-0.3, -0.25) is 0 Å². The zero-order chi connectivity index (χ0) is 9.84. The molecule has 13 heavy (non-hydrogen) atoms. The predicted molar refractivity (Wildman–Crippen MR) is 55.4 cm³/mol. The Bertz CT molecular complexity index is 274. The molecule has 0 saturated carbocycles. The SMILES string of the molecule is Cc1cc(SCCO)cc(C)c1O. The average Bonchev–Trinajstić information content (AvgIpc) is 2.10. The van der Waals surface area contributed by atoms with E-state index in [2.05, 4.69) is 0 Å². The first-order valence-electron chi connectivity index (χ1n) is 4.19. The topological polar surface area (TPSA) is 40.5 Å². The molecule has 2 nitrogen and oxygen atoms in total. The van der Waals surface area contributed by atoms with Crippen molar-refractivity contribution >= 4 is 11.8 Å². The summed E-state index contributed by atoms with van der Waals surface area (Å²) in [6, 6.07) is 3.87. The minimum absolute atomic E-state index is 0.184. The van der Waals surface area contributed by atoms with Crippen LogP contribution in [0.25, 0.3) is 0 Å². The third kappa shape index (κ3) is 2.64. The zero-order valence-electron chi connectivity index (χ0n) is 7.87. The molecule has 0 saturated heterocycles. The minimum atomic E-state index is 0.184. The van der Waals surface area contributed by atoms with E-state index in [4.69, 9.17) is 5.11 Å². The number of rotatable bonds is 3. The monoisotopic (exact) mass is 198 g/mol. The van der Waals surface area contributed by atoms with Crippen molar-refractivity contribution in [1.29, 1.82) is 0 Å². The van der Waals surface area contributed by atoms with Crippen LogP contribution < -0.4 is 0 Å². The molecule has 0 aliphatic heterocycles. The van der Waals surface area contributed by atoms with Gasteiger partial charge < -0.3 is 10.2 Å². The van der Waals surface area contributed by atoms with Crippen LogP contribution in [0.4, 0.5) is 0 Å². The van der Waals surface area contributed by atoms with E-state index in [0.29, 0.717) is 11.5 Å². The van der Waals surface area contributed by atoms with Crippen LogP contribution in [0.1, 0.15) is 11.1 Å². The number of benzene rings is 1. The number of aliphatic hydroxyl groups is 1. The number of phenolic OH excluding ortho intramolecular Hbond substituents is 1. The molecule has 0 aliphatic carbocycles.